The van der Waals surface area contributed by atoms with Gasteiger partial charge in [0.2, 0.25) is 5.88 Å². The van der Waals surface area contributed by atoms with Crippen molar-refractivity contribution in [3.63, 3.8) is 0 Å². The van der Waals surface area contributed by atoms with Gasteiger partial charge in [0.05, 0.1) is 11.1 Å². The molecule has 3 heterocycles. The summed E-state index contributed by atoms with van der Waals surface area (Å²) in [6.07, 6.45) is 1.98. The molecule has 1 aliphatic heterocycles. The van der Waals surface area contributed by atoms with Gasteiger partial charge in [0, 0.05) is 17.5 Å². The Hall–Kier alpha value is -2.53. The molecule has 0 saturated heterocycles. The molecule has 120 valence electrons. The maximum atomic E-state index is 12.5. The van der Waals surface area contributed by atoms with Crippen LogP contribution in [0.3, 0.4) is 0 Å². The molecule has 1 unspecified atom stereocenters. The van der Waals surface area contributed by atoms with Gasteiger partial charge in [-0.05, 0) is 42.7 Å². The molecule has 24 heavy (non-hydrogen) atoms. The highest BCUT2D eigenvalue weighted by molar-refractivity contribution is 8.02. The third kappa shape index (κ3) is 2.71. The van der Waals surface area contributed by atoms with Crippen LogP contribution in [0.4, 0.5) is 0 Å². The Morgan fingerprint density at radius 2 is 2.04 bits per heavy atom. The van der Waals surface area contributed by atoms with Crippen molar-refractivity contribution in [3.8, 4) is 11.6 Å². The topological polar surface area (TPSA) is 44.1 Å². The Bertz CT molecular complexity index is 980. The zero-order chi connectivity index (χ0) is 16.5. The van der Waals surface area contributed by atoms with Gasteiger partial charge in [-0.1, -0.05) is 18.2 Å². The smallest absolute Gasteiger partial charge is 0.204 e. The van der Waals surface area contributed by atoms with Crippen LogP contribution in [0.2, 0.25) is 0 Å². The van der Waals surface area contributed by atoms with E-state index in [1.165, 1.54) is 0 Å². The molecule has 1 aromatic carbocycles. The van der Waals surface area contributed by atoms with Crippen LogP contribution in [0.25, 0.3) is 16.7 Å². The summed E-state index contributed by atoms with van der Waals surface area (Å²) in [5, 5.41) is 2.62. The average molecular weight is 336 g/mol. The Labute approximate surface area is 143 Å². The number of rotatable bonds is 3. The van der Waals surface area contributed by atoms with Crippen molar-refractivity contribution in [2.24, 2.45) is 0 Å². The summed E-state index contributed by atoms with van der Waals surface area (Å²) in [6, 6.07) is 15.1. The van der Waals surface area contributed by atoms with Crippen LogP contribution < -0.4 is 10.2 Å². The minimum absolute atomic E-state index is 0.0355. The number of pyridine rings is 2. The quantitative estimate of drug-likeness (QED) is 0.731. The van der Waals surface area contributed by atoms with Gasteiger partial charge in [0.25, 0.3) is 0 Å². The van der Waals surface area contributed by atoms with Gasteiger partial charge < -0.3 is 4.74 Å². The number of thioether (sulfide) groups is 1. The number of para-hydroxylation sites is 1. The molecule has 2 aromatic heterocycles. The van der Waals surface area contributed by atoms with E-state index in [0.29, 0.717) is 16.9 Å². The van der Waals surface area contributed by atoms with Gasteiger partial charge in [-0.3, -0.25) is 9.36 Å². The summed E-state index contributed by atoms with van der Waals surface area (Å²) in [7, 11) is 0. The molecule has 1 aliphatic rings. The molecule has 0 fully saturated rings. The number of aryl methyl sites for hydroxylation is 1. The van der Waals surface area contributed by atoms with E-state index in [4.69, 9.17) is 4.74 Å². The molecule has 0 saturated carbocycles. The van der Waals surface area contributed by atoms with Gasteiger partial charge in [-0.25, -0.2) is 4.98 Å². The van der Waals surface area contributed by atoms with Crippen molar-refractivity contribution in [2.45, 2.75) is 13.0 Å². The lowest BCUT2D eigenvalue weighted by molar-refractivity contribution is 0.260. The largest absolute Gasteiger partial charge is 0.470 e. The number of benzene rings is 1. The Balaban J connectivity index is 1.99. The fraction of sp³-hybridized carbons (Fsp3) is 0.158. The van der Waals surface area contributed by atoms with Crippen LogP contribution in [0.5, 0.6) is 5.88 Å². The third-order valence-corrected chi connectivity index (χ3v) is 4.77. The molecule has 3 aromatic rings. The number of fused-ring (bicyclic) bond motifs is 1. The molecule has 4 rings (SSSR count). The van der Waals surface area contributed by atoms with Gasteiger partial charge in [-0.15, -0.1) is 11.8 Å². The predicted octanol–water partition coefficient (Wildman–Crippen LogP) is 3.70. The molecule has 0 spiro atoms. The summed E-state index contributed by atoms with van der Waals surface area (Å²) in [6.45, 7) is 1.92. The molecular weight excluding hydrogens is 320 g/mol. The maximum absolute atomic E-state index is 12.5. The van der Waals surface area contributed by atoms with Crippen molar-refractivity contribution >= 4 is 22.8 Å². The van der Waals surface area contributed by atoms with Crippen LogP contribution in [0.15, 0.2) is 64.8 Å². The van der Waals surface area contributed by atoms with Crippen LogP contribution in [0, 0.1) is 6.92 Å². The highest BCUT2D eigenvalue weighted by Gasteiger charge is 2.18. The maximum Gasteiger partial charge on any atom is 0.204 e. The summed E-state index contributed by atoms with van der Waals surface area (Å²) < 4.78 is 8.02. The lowest BCUT2D eigenvalue weighted by Gasteiger charge is -2.19. The van der Waals surface area contributed by atoms with Gasteiger partial charge in [0.15, 0.2) is 11.1 Å². The van der Waals surface area contributed by atoms with E-state index < -0.39 is 0 Å². The molecular formula is C19H16N2O2S. The van der Waals surface area contributed by atoms with E-state index in [-0.39, 0.29) is 11.5 Å². The van der Waals surface area contributed by atoms with Crippen LogP contribution in [-0.2, 0) is 0 Å². The summed E-state index contributed by atoms with van der Waals surface area (Å²) in [5.74, 6) is 1.37. The molecule has 0 radical (unpaired) electrons. The number of ether oxygens (including phenoxy) is 1. The first kappa shape index (κ1) is 15.0. The van der Waals surface area contributed by atoms with E-state index in [1.54, 1.807) is 17.8 Å². The van der Waals surface area contributed by atoms with Gasteiger partial charge in [0.1, 0.15) is 6.10 Å². The first-order valence-corrected chi connectivity index (χ1v) is 8.81. The zero-order valence-corrected chi connectivity index (χ0v) is 14.0. The normalized spacial score (nSPS) is 16.6. The van der Waals surface area contributed by atoms with Crippen molar-refractivity contribution in [1.82, 2.24) is 9.55 Å². The SMILES string of the molecule is Cc1ccc2c(=O)cc(OC3C=CSC3)n(-c3ccccc3)c2n1. The highest BCUT2D eigenvalue weighted by Crippen LogP contribution is 2.26. The summed E-state index contributed by atoms with van der Waals surface area (Å²) >= 11 is 1.70. The van der Waals surface area contributed by atoms with Crippen LogP contribution >= 0.6 is 11.8 Å². The van der Waals surface area contributed by atoms with Gasteiger partial charge in [-0.2, -0.15) is 0 Å². The van der Waals surface area contributed by atoms with Crippen molar-refractivity contribution in [2.75, 3.05) is 5.75 Å². The lowest BCUT2D eigenvalue weighted by atomic mass is 10.2. The predicted molar refractivity (Wildman–Crippen MR) is 98.1 cm³/mol. The third-order valence-electron chi connectivity index (χ3n) is 3.90. The lowest BCUT2D eigenvalue weighted by Crippen LogP contribution is -2.20. The second kappa shape index (κ2) is 6.17. The molecule has 0 aliphatic carbocycles. The second-order valence-electron chi connectivity index (χ2n) is 5.66. The van der Waals surface area contributed by atoms with Crippen molar-refractivity contribution < 1.29 is 4.74 Å². The second-order valence-corrected chi connectivity index (χ2v) is 6.60. The Kier molecular flexibility index (Phi) is 3.86. The van der Waals surface area contributed by atoms with E-state index in [0.717, 1.165) is 17.1 Å². The van der Waals surface area contributed by atoms with Crippen LogP contribution in [-0.4, -0.2) is 21.4 Å². The van der Waals surface area contributed by atoms with E-state index in [1.807, 2.05) is 65.4 Å². The minimum atomic E-state index is -0.0747. The molecule has 5 heteroatoms. The molecule has 0 bridgehead atoms. The number of hydrogen-bond acceptors (Lipinski definition) is 4. The zero-order valence-electron chi connectivity index (χ0n) is 13.2. The minimum Gasteiger partial charge on any atom is -0.470 e. The Morgan fingerprint density at radius 3 is 2.79 bits per heavy atom. The fourth-order valence-electron chi connectivity index (χ4n) is 2.76. The first-order valence-electron chi connectivity index (χ1n) is 7.76. The fourth-order valence-corrected chi connectivity index (χ4v) is 3.52. The molecule has 4 nitrogen and oxygen atoms in total. The van der Waals surface area contributed by atoms with Crippen LogP contribution in [0.1, 0.15) is 5.69 Å². The summed E-state index contributed by atoms with van der Waals surface area (Å²) in [4.78, 5) is 17.1. The molecule has 0 N–H and O–H groups in total. The number of hydrogen-bond donors (Lipinski definition) is 0. The van der Waals surface area contributed by atoms with E-state index in [9.17, 15) is 4.79 Å². The van der Waals surface area contributed by atoms with E-state index in [2.05, 4.69) is 4.98 Å². The molecule has 1 atom stereocenters. The average Bonchev–Trinajstić information content (AvgIpc) is 3.08. The van der Waals surface area contributed by atoms with Gasteiger partial charge >= 0.3 is 0 Å². The standard InChI is InChI=1S/C19H16N2O2S/c1-13-7-8-16-17(22)11-18(23-15-9-10-24-12-15)21(19(16)20-13)14-5-3-2-4-6-14/h2-11,15H,12H2,1H3. The highest BCUT2D eigenvalue weighted by atomic mass is 32.2. The monoisotopic (exact) mass is 336 g/mol. The van der Waals surface area contributed by atoms with Crippen molar-refractivity contribution in [3.05, 3.63) is 75.9 Å². The van der Waals surface area contributed by atoms with E-state index >= 15 is 0 Å². The summed E-state index contributed by atoms with van der Waals surface area (Å²) in [5.41, 5.74) is 2.33. The Morgan fingerprint density at radius 1 is 1.21 bits per heavy atom. The number of nitrogens with zero attached hydrogens (tertiary/aromatic N) is 2. The first-order chi connectivity index (χ1) is 11.7. The van der Waals surface area contributed by atoms with Crippen molar-refractivity contribution in [1.29, 1.82) is 0 Å². The number of aromatic nitrogens is 2. The molecule has 0 amide bonds.